The fraction of sp³-hybridized carbons (Fsp3) is 1.00. The molecule has 2 nitrogen and oxygen atoms in total. The quantitative estimate of drug-likeness (QED) is 0.663. The van der Waals surface area contributed by atoms with Crippen LogP contribution in [0.15, 0.2) is 0 Å². The van der Waals surface area contributed by atoms with E-state index in [1.165, 1.54) is 6.42 Å². The lowest BCUT2D eigenvalue weighted by molar-refractivity contribution is 0.0874. The Morgan fingerprint density at radius 3 is 2.25 bits per heavy atom. The summed E-state index contributed by atoms with van der Waals surface area (Å²) in [5.74, 6) is 0.761. The van der Waals surface area contributed by atoms with Gasteiger partial charge in [-0.25, -0.2) is 0 Å². The predicted octanol–water partition coefficient (Wildman–Crippen LogP) is 2.05. The molecule has 0 aromatic rings. The lowest BCUT2D eigenvalue weighted by atomic mass is 10.1. The maximum absolute atomic E-state index is 5.22. The summed E-state index contributed by atoms with van der Waals surface area (Å²) in [6.07, 6.45) is 1.54. The molecule has 0 aromatic heterocycles. The zero-order valence-electron chi connectivity index (χ0n) is 9.05. The number of ether oxygens (including phenoxy) is 1. The average molecular weight is 173 g/mol. The third-order valence-corrected chi connectivity index (χ3v) is 2.56. The van der Waals surface area contributed by atoms with Gasteiger partial charge in [0.2, 0.25) is 0 Å². The van der Waals surface area contributed by atoms with Crippen LogP contribution in [-0.2, 0) is 4.74 Å². The standard InChI is InChI=1S/C10H23NO/c1-6-8(2)7-11-9(3)10(4)12-5/h8-11H,6-7H2,1-5H3. The number of hydrogen-bond donors (Lipinski definition) is 1. The Morgan fingerprint density at radius 2 is 1.83 bits per heavy atom. The molecule has 0 aromatic carbocycles. The van der Waals surface area contributed by atoms with Gasteiger partial charge in [-0.05, 0) is 26.3 Å². The minimum Gasteiger partial charge on any atom is -0.380 e. The van der Waals surface area contributed by atoms with E-state index in [0.29, 0.717) is 12.1 Å². The minimum absolute atomic E-state index is 0.300. The SMILES string of the molecule is CCC(C)CNC(C)C(C)OC. The van der Waals surface area contributed by atoms with E-state index < -0.39 is 0 Å². The second-order valence-electron chi connectivity index (χ2n) is 3.65. The van der Waals surface area contributed by atoms with Crippen LogP contribution in [0.5, 0.6) is 0 Å². The van der Waals surface area contributed by atoms with Crippen molar-refractivity contribution in [3.8, 4) is 0 Å². The van der Waals surface area contributed by atoms with E-state index in [4.69, 9.17) is 4.74 Å². The predicted molar refractivity (Wildman–Crippen MR) is 53.4 cm³/mol. The second-order valence-corrected chi connectivity index (χ2v) is 3.65. The van der Waals surface area contributed by atoms with Crippen molar-refractivity contribution in [3.05, 3.63) is 0 Å². The maximum atomic E-state index is 5.22. The molecule has 2 heteroatoms. The van der Waals surface area contributed by atoms with Crippen molar-refractivity contribution < 1.29 is 4.74 Å². The van der Waals surface area contributed by atoms with E-state index in [1.54, 1.807) is 7.11 Å². The summed E-state index contributed by atoms with van der Waals surface area (Å²) >= 11 is 0. The van der Waals surface area contributed by atoms with E-state index in [2.05, 4.69) is 33.0 Å². The van der Waals surface area contributed by atoms with Crippen molar-refractivity contribution in [1.82, 2.24) is 5.32 Å². The Hall–Kier alpha value is -0.0800. The van der Waals surface area contributed by atoms with Crippen LogP contribution >= 0.6 is 0 Å². The van der Waals surface area contributed by atoms with Crippen molar-refractivity contribution in [1.29, 1.82) is 0 Å². The molecule has 0 spiro atoms. The molecule has 0 aliphatic heterocycles. The van der Waals surface area contributed by atoms with Crippen LogP contribution in [0, 0.1) is 5.92 Å². The van der Waals surface area contributed by atoms with Gasteiger partial charge in [0, 0.05) is 13.2 Å². The molecule has 0 rings (SSSR count). The molecular formula is C10H23NO. The van der Waals surface area contributed by atoms with Crippen molar-refractivity contribution >= 4 is 0 Å². The molecule has 0 saturated carbocycles. The number of hydrogen-bond acceptors (Lipinski definition) is 2. The highest BCUT2D eigenvalue weighted by Crippen LogP contribution is 2.01. The molecule has 12 heavy (non-hydrogen) atoms. The summed E-state index contributed by atoms with van der Waals surface area (Å²) in [5, 5.41) is 3.46. The maximum Gasteiger partial charge on any atom is 0.0693 e. The van der Waals surface area contributed by atoms with Gasteiger partial charge >= 0.3 is 0 Å². The third kappa shape index (κ3) is 4.73. The van der Waals surface area contributed by atoms with Crippen molar-refractivity contribution in [3.63, 3.8) is 0 Å². The summed E-state index contributed by atoms with van der Waals surface area (Å²) in [4.78, 5) is 0. The van der Waals surface area contributed by atoms with Gasteiger partial charge in [-0.3, -0.25) is 0 Å². The monoisotopic (exact) mass is 173 g/mol. The van der Waals surface area contributed by atoms with Crippen LogP contribution < -0.4 is 5.32 Å². The van der Waals surface area contributed by atoms with Crippen molar-refractivity contribution in [2.45, 2.75) is 46.3 Å². The molecule has 0 heterocycles. The van der Waals surface area contributed by atoms with Crippen molar-refractivity contribution in [2.24, 2.45) is 5.92 Å². The fourth-order valence-electron chi connectivity index (χ4n) is 0.902. The summed E-state index contributed by atoms with van der Waals surface area (Å²) in [5.41, 5.74) is 0. The van der Waals surface area contributed by atoms with E-state index >= 15 is 0 Å². The smallest absolute Gasteiger partial charge is 0.0693 e. The minimum atomic E-state index is 0.300. The highest BCUT2D eigenvalue weighted by molar-refractivity contribution is 4.68. The zero-order valence-corrected chi connectivity index (χ0v) is 9.05. The molecule has 1 N–H and O–H groups in total. The normalized spacial score (nSPS) is 18.8. The highest BCUT2D eigenvalue weighted by Gasteiger charge is 2.10. The van der Waals surface area contributed by atoms with E-state index in [1.807, 2.05) is 0 Å². The van der Waals surface area contributed by atoms with E-state index in [9.17, 15) is 0 Å². The van der Waals surface area contributed by atoms with Gasteiger partial charge in [0.05, 0.1) is 6.10 Å². The third-order valence-electron chi connectivity index (χ3n) is 2.56. The van der Waals surface area contributed by atoms with Crippen LogP contribution in [0.25, 0.3) is 0 Å². The van der Waals surface area contributed by atoms with Crippen LogP contribution in [0.4, 0.5) is 0 Å². The summed E-state index contributed by atoms with van der Waals surface area (Å²) < 4.78 is 5.22. The molecule has 0 aliphatic rings. The number of methoxy groups -OCH3 is 1. The van der Waals surface area contributed by atoms with Gasteiger partial charge in [0.25, 0.3) is 0 Å². The summed E-state index contributed by atoms with van der Waals surface area (Å²) in [7, 11) is 1.76. The van der Waals surface area contributed by atoms with Crippen LogP contribution in [0.2, 0.25) is 0 Å². The highest BCUT2D eigenvalue weighted by atomic mass is 16.5. The number of nitrogens with one attached hydrogen (secondary N) is 1. The van der Waals surface area contributed by atoms with Crippen LogP contribution in [-0.4, -0.2) is 25.8 Å². The molecule has 0 radical (unpaired) electrons. The Morgan fingerprint density at radius 1 is 1.25 bits per heavy atom. The second kappa shape index (κ2) is 6.44. The van der Waals surface area contributed by atoms with Crippen LogP contribution in [0.3, 0.4) is 0 Å². The molecule has 0 saturated heterocycles. The molecular weight excluding hydrogens is 150 g/mol. The molecule has 3 unspecified atom stereocenters. The zero-order chi connectivity index (χ0) is 9.56. The molecule has 3 atom stereocenters. The first-order chi connectivity index (χ1) is 5.61. The molecule has 0 aliphatic carbocycles. The Bertz CT molecular complexity index is 106. The molecule has 0 amide bonds. The van der Waals surface area contributed by atoms with Gasteiger partial charge in [-0.1, -0.05) is 20.3 Å². The van der Waals surface area contributed by atoms with Gasteiger partial charge < -0.3 is 10.1 Å². The van der Waals surface area contributed by atoms with Gasteiger partial charge in [0.15, 0.2) is 0 Å². The summed E-state index contributed by atoms with van der Waals surface area (Å²) in [6, 6.07) is 0.448. The molecule has 0 fully saturated rings. The lowest BCUT2D eigenvalue weighted by Gasteiger charge is -2.21. The summed E-state index contributed by atoms with van der Waals surface area (Å²) in [6.45, 7) is 9.82. The van der Waals surface area contributed by atoms with Crippen molar-refractivity contribution in [2.75, 3.05) is 13.7 Å². The van der Waals surface area contributed by atoms with Gasteiger partial charge in [0.1, 0.15) is 0 Å². The lowest BCUT2D eigenvalue weighted by Crippen LogP contribution is -2.38. The first-order valence-corrected chi connectivity index (χ1v) is 4.88. The molecule has 74 valence electrons. The Kier molecular flexibility index (Phi) is 6.39. The van der Waals surface area contributed by atoms with Crippen LogP contribution in [0.1, 0.15) is 34.1 Å². The first-order valence-electron chi connectivity index (χ1n) is 4.88. The topological polar surface area (TPSA) is 21.3 Å². The largest absolute Gasteiger partial charge is 0.380 e. The fourth-order valence-corrected chi connectivity index (χ4v) is 0.902. The van der Waals surface area contributed by atoms with E-state index in [-0.39, 0.29) is 0 Å². The van der Waals surface area contributed by atoms with Gasteiger partial charge in [-0.15, -0.1) is 0 Å². The average Bonchev–Trinajstić information content (AvgIpc) is 2.11. The first kappa shape index (κ1) is 11.9. The van der Waals surface area contributed by atoms with Gasteiger partial charge in [-0.2, -0.15) is 0 Å². The van der Waals surface area contributed by atoms with E-state index in [0.717, 1.165) is 12.5 Å². The molecule has 0 bridgehead atoms. The Labute approximate surface area is 76.7 Å². The Balaban J connectivity index is 3.49. The number of rotatable bonds is 6.